The number of aromatic nitrogens is 4. The molecule has 0 spiro atoms. The van der Waals surface area contributed by atoms with Crippen LogP contribution in [0.5, 0.6) is 0 Å². The quantitative estimate of drug-likeness (QED) is 0.590. The number of nitrogens with two attached hydrogens (primary N) is 1. The molecule has 6 nitrogen and oxygen atoms in total. The highest BCUT2D eigenvalue weighted by atomic mass is 16.3. The van der Waals surface area contributed by atoms with Gasteiger partial charge in [-0.1, -0.05) is 5.92 Å². The van der Waals surface area contributed by atoms with Crippen LogP contribution in [0.25, 0.3) is 11.2 Å². The van der Waals surface area contributed by atoms with Crippen LogP contribution in [-0.2, 0) is 7.05 Å². The van der Waals surface area contributed by atoms with Crippen LogP contribution in [0.4, 0.5) is 5.82 Å². The zero-order valence-electron chi connectivity index (χ0n) is 8.97. The molecule has 0 aliphatic heterocycles. The average molecular weight is 217 g/mol. The van der Waals surface area contributed by atoms with E-state index in [0.717, 1.165) is 0 Å². The zero-order valence-corrected chi connectivity index (χ0v) is 8.97. The van der Waals surface area contributed by atoms with Crippen LogP contribution in [0.15, 0.2) is 6.33 Å². The van der Waals surface area contributed by atoms with Crippen molar-refractivity contribution in [3.8, 4) is 11.8 Å². The summed E-state index contributed by atoms with van der Waals surface area (Å²) in [6.07, 6.45) is 0.897. The third-order valence-electron chi connectivity index (χ3n) is 1.98. The summed E-state index contributed by atoms with van der Waals surface area (Å²) in [5.74, 6) is 5.79. The van der Waals surface area contributed by atoms with Gasteiger partial charge in [0, 0.05) is 7.05 Å². The molecule has 0 saturated heterocycles. The monoisotopic (exact) mass is 217 g/mol. The molecule has 0 aromatic carbocycles. The molecule has 3 N–H and O–H groups in total. The summed E-state index contributed by atoms with van der Waals surface area (Å²) >= 11 is 0. The van der Waals surface area contributed by atoms with Gasteiger partial charge >= 0.3 is 0 Å². The Balaban J connectivity index is 2.58. The SMILES string of the molecule is C[C@@H](O)C#Cc1nc(N)c2ncn(C)c2n1. The van der Waals surface area contributed by atoms with E-state index in [1.165, 1.54) is 0 Å². The number of hydrogen-bond donors (Lipinski definition) is 2. The van der Waals surface area contributed by atoms with Gasteiger partial charge < -0.3 is 15.4 Å². The lowest BCUT2D eigenvalue weighted by Crippen LogP contribution is -2.00. The second kappa shape index (κ2) is 3.79. The number of rotatable bonds is 0. The van der Waals surface area contributed by atoms with Crippen molar-refractivity contribution in [3.05, 3.63) is 12.2 Å². The lowest BCUT2D eigenvalue weighted by molar-refractivity contribution is 0.253. The summed E-state index contributed by atoms with van der Waals surface area (Å²) in [6, 6.07) is 0. The molecule has 2 heterocycles. The molecule has 0 aliphatic carbocycles. The summed E-state index contributed by atoms with van der Waals surface area (Å²) < 4.78 is 1.74. The van der Waals surface area contributed by atoms with Crippen molar-refractivity contribution in [1.29, 1.82) is 0 Å². The third kappa shape index (κ3) is 1.81. The Morgan fingerprint density at radius 2 is 2.25 bits per heavy atom. The van der Waals surface area contributed by atoms with Gasteiger partial charge in [0.2, 0.25) is 5.82 Å². The van der Waals surface area contributed by atoms with Gasteiger partial charge in [-0.3, -0.25) is 0 Å². The van der Waals surface area contributed by atoms with Crippen molar-refractivity contribution in [3.63, 3.8) is 0 Å². The average Bonchev–Trinajstić information content (AvgIpc) is 2.58. The summed E-state index contributed by atoms with van der Waals surface area (Å²) in [5, 5.41) is 9.03. The lowest BCUT2D eigenvalue weighted by atomic mass is 10.4. The van der Waals surface area contributed by atoms with Gasteiger partial charge in [-0.05, 0) is 12.8 Å². The molecule has 0 unspecified atom stereocenters. The molecule has 82 valence electrons. The number of anilines is 1. The van der Waals surface area contributed by atoms with Gasteiger partial charge in [0.1, 0.15) is 11.6 Å². The Kier molecular flexibility index (Phi) is 2.46. The van der Waals surface area contributed by atoms with E-state index < -0.39 is 6.10 Å². The number of hydrogen-bond acceptors (Lipinski definition) is 5. The maximum absolute atomic E-state index is 9.03. The fraction of sp³-hybridized carbons (Fsp3) is 0.300. The topological polar surface area (TPSA) is 89.9 Å². The van der Waals surface area contributed by atoms with Gasteiger partial charge in [-0.15, -0.1) is 0 Å². The molecule has 0 aliphatic rings. The van der Waals surface area contributed by atoms with Gasteiger partial charge in [0.25, 0.3) is 0 Å². The van der Waals surface area contributed by atoms with E-state index in [1.54, 1.807) is 17.8 Å². The molecule has 2 aromatic rings. The van der Waals surface area contributed by atoms with Crippen molar-refractivity contribution in [2.24, 2.45) is 7.05 Å². The molecule has 0 fully saturated rings. The fourth-order valence-corrected chi connectivity index (χ4v) is 1.25. The molecule has 0 amide bonds. The Hall–Kier alpha value is -2.13. The Bertz CT molecular complexity index is 590. The number of aryl methyl sites for hydroxylation is 1. The molecule has 0 radical (unpaired) electrons. The number of aliphatic hydroxyl groups excluding tert-OH is 1. The Labute approximate surface area is 92.1 Å². The molecule has 0 bridgehead atoms. The minimum Gasteiger partial charge on any atom is -0.382 e. The first-order valence-corrected chi connectivity index (χ1v) is 4.72. The molecular weight excluding hydrogens is 206 g/mol. The van der Waals surface area contributed by atoms with Crippen LogP contribution in [0.2, 0.25) is 0 Å². The second-order valence-corrected chi connectivity index (χ2v) is 3.41. The number of aliphatic hydroxyl groups is 1. The maximum Gasteiger partial charge on any atom is 0.209 e. The number of fused-ring (bicyclic) bond motifs is 1. The summed E-state index contributed by atoms with van der Waals surface area (Å²) in [7, 11) is 1.81. The highest BCUT2D eigenvalue weighted by Gasteiger charge is 2.07. The highest BCUT2D eigenvalue weighted by molar-refractivity contribution is 5.81. The van der Waals surface area contributed by atoms with Crippen molar-refractivity contribution in [2.75, 3.05) is 5.73 Å². The van der Waals surface area contributed by atoms with Crippen LogP contribution in [0, 0.1) is 11.8 Å². The first kappa shape index (κ1) is 10.4. The van der Waals surface area contributed by atoms with E-state index in [0.29, 0.717) is 17.0 Å². The molecule has 2 aromatic heterocycles. The smallest absolute Gasteiger partial charge is 0.209 e. The predicted octanol–water partition coefficient (Wildman–Crippen LogP) is -0.322. The third-order valence-corrected chi connectivity index (χ3v) is 1.98. The molecule has 6 heteroatoms. The standard InChI is InChI=1S/C10H11N5O/c1-6(16)3-4-7-13-9(11)8-10(14-7)15(2)5-12-8/h5-6,16H,1-2H3,(H2,11,13,14)/t6-/m1/s1. The first-order chi connectivity index (χ1) is 7.58. The normalized spacial score (nSPS) is 12.2. The van der Waals surface area contributed by atoms with E-state index >= 15 is 0 Å². The van der Waals surface area contributed by atoms with E-state index in [-0.39, 0.29) is 5.82 Å². The lowest BCUT2D eigenvalue weighted by Gasteiger charge is -1.97. The van der Waals surface area contributed by atoms with E-state index in [1.807, 2.05) is 7.05 Å². The van der Waals surface area contributed by atoms with E-state index in [9.17, 15) is 0 Å². The molecular formula is C10H11N5O. The minimum atomic E-state index is -0.716. The molecule has 1 atom stereocenters. The zero-order chi connectivity index (χ0) is 11.7. The van der Waals surface area contributed by atoms with Gasteiger partial charge in [-0.25, -0.2) is 15.0 Å². The number of nitrogens with zero attached hydrogens (tertiary/aromatic N) is 4. The summed E-state index contributed by atoms with van der Waals surface area (Å²) in [4.78, 5) is 12.3. The van der Waals surface area contributed by atoms with Crippen LogP contribution in [-0.4, -0.2) is 30.7 Å². The van der Waals surface area contributed by atoms with Crippen LogP contribution in [0.1, 0.15) is 12.7 Å². The summed E-state index contributed by atoms with van der Waals surface area (Å²) in [5.41, 5.74) is 6.91. The van der Waals surface area contributed by atoms with Gasteiger partial charge in [-0.2, -0.15) is 0 Å². The fourth-order valence-electron chi connectivity index (χ4n) is 1.25. The van der Waals surface area contributed by atoms with Crippen molar-refractivity contribution in [2.45, 2.75) is 13.0 Å². The Morgan fingerprint density at radius 3 is 2.94 bits per heavy atom. The van der Waals surface area contributed by atoms with Crippen molar-refractivity contribution < 1.29 is 5.11 Å². The van der Waals surface area contributed by atoms with Crippen LogP contribution in [0.3, 0.4) is 0 Å². The van der Waals surface area contributed by atoms with Crippen molar-refractivity contribution >= 4 is 17.0 Å². The minimum absolute atomic E-state index is 0.287. The van der Waals surface area contributed by atoms with Crippen LogP contribution < -0.4 is 5.73 Å². The predicted molar refractivity (Wildman–Crippen MR) is 59.3 cm³/mol. The highest BCUT2D eigenvalue weighted by Crippen LogP contribution is 2.14. The molecule has 16 heavy (non-hydrogen) atoms. The number of imidazole rings is 1. The van der Waals surface area contributed by atoms with Gasteiger partial charge in [0.05, 0.1) is 6.33 Å². The van der Waals surface area contributed by atoms with Crippen molar-refractivity contribution in [1.82, 2.24) is 19.5 Å². The summed E-state index contributed by atoms with van der Waals surface area (Å²) in [6.45, 7) is 1.57. The Morgan fingerprint density at radius 1 is 1.50 bits per heavy atom. The van der Waals surface area contributed by atoms with E-state index in [4.69, 9.17) is 10.8 Å². The maximum atomic E-state index is 9.03. The van der Waals surface area contributed by atoms with Crippen LogP contribution >= 0.6 is 0 Å². The second-order valence-electron chi connectivity index (χ2n) is 3.41. The molecule has 0 saturated carbocycles. The largest absolute Gasteiger partial charge is 0.382 e. The first-order valence-electron chi connectivity index (χ1n) is 4.72. The molecule has 2 rings (SSSR count). The van der Waals surface area contributed by atoms with E-state index in [2.05, 4.69) is 26.8 Å². The number of nitrogen functional groups attached to an aromatic ring is 1. The van der Waals surface area contributed by atoms with Gasteiger partial charge in [0.15, 0.2) is 11.5 Å².